The van der Waals surface area contributed by atoms with E-state index in [1.54, 1.807) is 45.2 Å². The van der Waals surface area contributed by atoms with Gasteiger partial charge in [0.05, 0.1) is 30.0 Å². The van der Waals surface area contributed by atoms with Gasteiger partial charge < -0.3 is 50.6 Å². The van der Waals surface area contributed by atoms with Crippen molar-refractivity contribution in [1.29, 1.82) is 0 Å². The second-order valence-electron chi connectivity index (χ2n) is 14.5. The molecule has 0 fully saturated rings. The number of methoxy groups -OCH3 is 1. The zero-order chi connectivity index (χ0) is 42.1. The first-order chi connectivity index (χ1) is 26.9. The number of primary amides is 1. The van der Waals surface area contributed by atoms with Crippen LogP contribution in [-0.2, 0) is 30.3 Å². The smallest absolute Gasteiger partial charge is 0.413 e. The molecule has 0 heterocycles. The number of likely N-dealkylation sites (N-methyl/N-ethyl adjacent to an activating group) is 1. The lowest BCUT2D eigenvalue weighted by Crippen LogP contribution is -2.63. The first-order valence-electron chi connectivity index (χ1n) is 18.1. The predicted octanol–water partition coefficient (Wildman–Crippen LogP) is 2.19. The van der Waals surface area contributed by atoms with Crippen molar-refractivity contribution in [2.75, 3.05) is 65.4 Å². The van der Waals surface area contributed by atoms with Gasteiger partial charge in [0, 0.05) is 37.8 Å². The largest absolute Gasteiger partial charge is 0.510 e. The standard InChI is InChI=1S/C39H47N5O13/c1-7-8-13-44(38(53)57-18-56-37(52)19-9-11-21(55-6)12-10-19)17-26(45)41-24-16-25(42(2)3)22-14-20-15-23-30(43(4)5)33(48)29(36(40)51)35(50)39(23,54)34(49)27(20)32(47)28(22)31(24)46/h9-12,16,20,23,30,46,48-49,54H,7-8,13-15,17-18H2,1-6H3,(H2,40,51)(H,41,45)/t20?,23?,30-,39-/m0/s1. The molecule has 3 aliphatic rings. The number of nitrogens with zero attached hydrogens (tertiary/aromatic N) is 3. The minimum absolute atomic E-state index is 0.0313. The van der Waals surface area contributed by atoms with Crippen LogP contribution in [0.2, 0.25) is 0 Å². The topological polar surface area (TPSA) is 259 Å². The number of aliphatic hydroxyl groups is 3. The number of hydrogen-bond donors (Lipinski definition) is 6. The van der Waals surface area contributed by atoms with E-state index in [-0.39, 0.29) is 41.8 Å². The molecule has 57 heavy (non-hydrogen) atoms. The van der Waals surface area contributed by atoms with Crippen molar-refractivity contribution in [3.63, 3.8) is 0 Å². The highest BCUT2D eigenvalue weighted by molar-refractivity contribution is 6.25. The molecule has 0 saturated heterocycles. The number of fused-ring (bicyclic) bond motifs is 3. The van der Waals surface area contributed by atoms with E-state index in [2.05, 4.69) is 5.32 Å². The molecule has 0 aromatic heterocycles. The summed E-state index contributed by atoms with van der Waals surface area (Å²) >= 11 is 0. The third-order valence-corrected chi connectivity index (χ3v) is 10.5. The first kappa shape index (κ1) is 42.0. The van der Waals surface area contributed by atoms with Crippen LogP contribution >= 0.6 is 0 Å². The molecule has 2 unspecified atom stereocenters. The quantitative estimate of drug-likeness (QED) is 0.0735. The summed E-state index contributed by atoms with van der Waals surface area (Å²) in [5.41, 5.74) is 1.75. The number of nitrogens with two attached hydrogens (primary N) is 1. The van der Waals surface area contributed by atoms with E-state index in [0.717, 1.165) is 4.90 Å². The number of esters is 1. The number of amides is 3. The van der Waals surface area contributed by atoms with Crippen LogP contribution in [0.5, 0.6) is 11.5 Å². The zero-order valence-electron chi connectivity index (χ0n) is 32.5. The van der Waals surface area contributed by atoms with Crippen LogP contribution in [0.1, 0.15) is 52.5 Å². The fourth-order valence-electron chi connectivity index (χ4n) is 7.78. The molecule has 0 saturated carbocycles. The summed E-state index contributed by atoms with van der Waals surface area (Å²) in [5.74, 6) is -9.02. The molecule has 18 heteroatoms. The van der Waals surface area contributed by atoms with E-state index in [1.165, 1.54) is 30.2 Å². The third kappa shape index (κ3) is 7.69. The molecule has 5 rings (SSSR count). The Balaban J connectivity index is 1.41. The molecule has 2 aromatic rings. The lowest BCUT2D eigenvalue weighted by atomic mass is 9.58. The molecule has 0 bridgehead atoms. The summed E-state index contributed by atoms with van der Waals surface area (Å²) in [5, 5.41) is 48.7. The van der Waals surface area contributed by atoms with Gasteiger partial charge in [-0.05, 0) is 75.2 Å². The maximum atomic E-state index is 14.4. The van der Waals surface area contributed by atoms with Crippen LogP contribution in [0, 0.1) is 11.8 Å². The van der Waals surface area contributed by atoms with E-state index in [4.69, 9.17) is 19.9 Å². The maximum absolute atomic E-state index is 14.4. The summed E-state index contributed by atoms with van der Waals surface area (Å²) in [6.45, 7) is 0.655. The van der Waals surface area contributed by atoms with Crippen molar-refractivity contribution in [3.8, 4) is 11.5 Å². The van der Waals surface area contributed by atoms with Gasteiger partial charge in [0.15, 0.2) is 17.1 Å². The fourth-order valence-corrected chi connectivity index (χ4v) is 7.78. The fraction of sp³-hybridized carbons (Fsp3) is 0.436. The van der Waals surface area contributed by atoms with E-state index in [1.807, 2.05) is 6.92 Å². The van der Waals surface area contributed by atoms with Gasteiger partial charge in [-0.15, -0.1) is 0 Å². The molecule has 0 radical (unpaired) electrons. The van der Waals surface area contributed by atoms with Gasteiger partial charge in [-0.3, -0.25) is 29.0 Å². The minimum Gasteiger partial charge on any atom is -0.510 e. The van der Waals surface area contributed by atoms with Crippen molar-refractivity contribution in [1.82, 2.24) is 9.80 Å². The van der Waals surface area contributed by atoms with E-state index in [9.17, 15) is 49.2 Å². The van der Waals surface area contributed by atoms with E-state index >= 15 is 0 Å². The Morgan fingerprint density at radius 1 is 1.02 bits per heavy atom. The Kier molecular flexibility index (Phi) is 12.2. The number of Topliss-reactive ketones (excluding diaryl/α,β-unsaturated/α-hetero) is 2. The van der Waals surface area contributed by atoms with E-state index < -0.39 is 95.1 Å². The molecule has 4 atom stereocenters. The van der Waals surface area contributed by atoms with Gasteiger partial charge in [-0.2, -0.15) is 0 Å². The summed E-state index contributed by atoms with van der Waals surface area (Å²) in [6.07, 6.45) is 0.114. The summed E-state index contributed by atoms with van der Waals surface area (Å²) in [4.78, 5) is 83.4. The number of nitrogens with one attached hydrogen (secondary N) is 1. The van der Waals surface area contributed by atoms with Crippen LogP contribution in [-0.4, -0.2) is 132 Å². The molecule has 0 spiro atoms. The Morgan fingerprint density at radius 3 is 2.26 bits per heavy atom. The Bertz CT molecular complexity index is 2060. The third-order valence-electron chi connectivity index (χ3n) is 10.5. The number of carbonyl (C=O) groups is 6. The molecule has 3 amide bonds. The number of allylic oxidation sites excluding steroid dienone is 1. The lowest BCUT2D eigenvalue weighted by Gasteiger charge is -2.50. The number of unbranched alkanes of at least 4 members (excludes halogenated alkanes) is 1. The number of ketones is 2. The molecule has 3 aliphatic carbocycles. The number of phenols is 1. The monoisotopic (exact) mass is 793 g/mol. The number of hydrogen-bond acceptors (Lipinski definition) is 15. The average Bonchev–Trinajstić information content (AvgIpc) is 3.15. The molecule has 18 nitrogen and oxygen atoms in total. The van der Waals surface area contributed by atoms with Crippen molar-refractivity contribution >= 4 is 46.8 Å². The normalized spacial score (nSPS) is 21.3. The number of ether oxygens (including phenoxy) is 3. The average molecular weight is 794 g/mol. The Hall–Kier alpha value is -6.14. The van der Waals surface area contributed by atoms with Crippen LogP contribution < -0.4 is 20.7 Å². The maximum Gasteiger partial charge on any atom is 0.413 e. The zero-order valence-corrected chi connectivity index (χ0v) is 32.5. The number of carbonyl (C=O) groups excluding carboxylic acids is 6. The van der Waals surface area contributed by atoms with Crippen molar-refractivity contribution < 1.29 is 63.4 Å². The summed E-state index contributed by atoms with van der Waals surface area (Å²) in [7, 11) is 7.90. The molecule has 0 aliphatic heterocycles. The number of rotatable bonds is 13. The Labute approximate surface area is 328 Å². The van der Waals surface area contributed by atoms with Gasteiger partial charge >= 0.3 is 12.1 Å². The predicted molar refractivity (Wildman–Crippen MR) is 203 cm³/mol. The van der Waals surface area contributed by atoms with Crippen LogP contribution in [0.15, 0.2) is 53.0 Å². The molecule has 2 aromatic carbocycles. The van der Waals surface area contributed by atoms with Gasteiger partial charge in [0.25, 0.3) is 5.91 Å². The van der Waals surface area contributed by atoms with Crippen molar-refractivity contribution in [2.24, 2.45) is 17.6 Å². The minimum atomic E-state index is -2.82. The van der Waals surface area contributed by atoms with Crippen molar-refractivity contribution in [2.45, 2.75) is 44.2 Å². The molecular formula is C39H47N5O13. The highest BCUT2D eigenvalue weighted by Crippen LogP contribution is 2.54. The SMILES string of the molecule is CCCCN(CC(=O)Nc1cc(N(C)C)c2c(c1O)C(=O)C1=C(O)[C@]3(O)C(=O)C(C(N)=O)=C(O)[C@@H](N(C)C)C3CC1C2)C(=O)OCOC(=O)c1ccc(OC)cc1. The van der Waals surface area contributed by atoms with Crippen LogP contribution in [0.25, 0.3) is 0 Å². The van der Waals surface area contributed by atoms with E-state index in [0.29, 0.717) is 29.8 Å². The van der Waals surface area contributed by atoms with Gasteiger partial charge in [0.2, 0.25) is 18.5 Å². The highest BCUT2D eigenvalue weighted by atomic mass is 16.7. The number of anilines is 2. The van der Waals surface area contributed by atoms with Gasteiger partial charge in [0.1, 0.15) is 29.4 Å². The summed E-state index contributed by atoms with van der Waals surface area (Å²) < 4.78 is 15.3. The van der Waals surface area contributed by atoms with Crippen LogP contribution in [0.4, 0.5) is 16.2 Å². The first-order valence-corrected chi connectivity index (χ1v) is 18.1. The van der Waals surface area contributed by atoms with Crippen LogP contribution in [0.3, 0.4) is 0 Å². The second kappa shape index (κ2) is 16.5. The van der Waals surface area contributed by atoms with Gasteiger partial charge in [-0.1, -0.05) is 13.3 Å². The second-order valence-corrected chi connectivity index (χ2v) is 14.5. The highest BCUT2D eigenvalue weighted by Gasteiger charge is 2.63. The molecular weight excluding hydrogens is 746 g/mol. The molecule has 306 valence electrons. The van der Waals surface area contributed by atoms with Gasteiger partial charge in [-0.25, -0.2) is 9.59 Å². The lowest BCUT2D eigenvalue weighted by molar-refractivity contribution is -0.148. The number of phenolic OH excluding ortho intramolecular Hbond substituents is 1. The molecule has 7 N–H and O–H groups in total. The number of aliphatic hydroxyl groups excluding tert-OH is 2. The Morgan fingerprint density at radius 2 is 1.68 bits per heavy atom. The number of benzene rings is 2. The summed E-state index contributed by atoms with van der Waals surface area (Å²) in [6, 6.07) is 6.37. The van der Waals surface area contributed by atoms with Crippen molar-refractivity contribution in [3.05, 3.63) is 69.7 Å². The number of aromatic hydroxyl groups is 1.